The topological polar surface area (TPSA) is 38.3 Å². The Morgan fingerprint density at radius 2 is 1.88 bits per heavy atom. The normalized spacial score (nSPS) is 15.2. The molecule has 0 fully saturated rings. The van der Waals surface area contributed by atoms with Crippen LogP contribution in [0.5, 0.6) is 5.75 Å². The van der Waals surface area contributed by atoms with E-state index in [1.807, 2.05) is 39.8 Å². The van der Waals surface area contributed by atoms with E-state index in [9.17, 15) is 4.79 Å². The quantitative estimate of drug-likeness (QED) is 0.810. The van der Waals surface area contributed by atoms with Crippen LogP contribution in [0.4, 0.5) is 0 Å². The van der Waals surface area contributed by atoms with E-state index in [4.69, 9.17) is 4.74 Å². The van der Waals surface area contributed by atoms with Crippen LogP contribution >= 0.6 is 0 Å². The van der Waals surface area contributed by atoms with Gasteiger partial charge in [0.05, 0.1) is 6.04 Å². The lowest BCUT2D eigenvalue weighted by molar-refractivity contribution is -0.128. The van der Waals surface area contributed by atoms with Crippen molar-refractivity contribution in [2.24, 2.45) is 0 Å². The number of amides is 1. The summed E-state index contributed by atoms with van der Waals surface area (Å²) in [5, 5.41) is 3.13. The number of rotatable bonds is 6. The maximum atomic E-state index is 12.8. The van der Waals surface area contributed by atoms with Gasteiger partial charge in [-0.25, -0.2) is 0 Å². The highest BCUT2D eigenvalue weighted by molar-refractivity contribution is 5.81. The highest BCUT2D eigenvalue weighted by Gasteiger charge is 2.22. The second kappa shape index (κ2) is 7.94. The number of hydrogen-bond acceptors (Lipinski definition) is 2. The molecule has 0 spiro atoms. The van der Waals surface area contributed by atoms with Gasteiger partial charge < -0.3 is 10.1 Å². The van der Waals surface area contributed by atoms with Crippen molar-refractivity contribution >= 4 is 5.91 Å². The highest BCUT2D eigenvalue weighted by Crippen LogP contribution is 2.26. The molecule has 1 aliphatic rings. The number of carbonyl (C=O) groups excluding carboxylic acids is 1. The van der Waals surface area contributed by atoms with Gasteiger partial charge in [0.1, 0.15) is 5.75 Å². The van der Waals surface area contributed by atoms with E-state index < -0.39 is 6.10 Å². The molecule has 1 N–H and O–H groups in total. The molecule has 0 bridgehead atoms. The standard InChI is InChI=1S/C23H29NO2/c1-5-21(26-22-13-15(2)9-10-16(22)3)23(25)24-17(4)19-12-11-18-7-6-8-20(18)14-19/h9-14,17,21H,5-8H2,1-4H3,(H,24,25)/t17-,21+/m1/s1. The summed E-state index contributed by atoms with van der Waals surface area (Å²) < 4.78 is 6.04. The summed E-state index contributed by atoms with van der Waals surface area (Å²) in [6.45, 7) is 8.06. The van der Waals surface area contributed by atoms with Crippen molar-refractivity contribution in [2.45, 2.75) is 65.5 Å². The third-order valence-electron chi connectivity index (χ3n) is 5.26. The Labute approximate surface area is 156 Å². The van der Waals surface area contributed by atoms with Gasteiger partial charge in [-0.05, 0) is 80.3 Å². The molecule has 0 saturated carbocycles. The first-order valence-corrected chi connectivity index (χ1v) is 9.64. The van der Waals surface area contributed by atoms with Crippen molar-refractivity contribution in [3.63, 3.8) is 0 Å². The van der Waals surface area contributed by atoms with Crippen LogP contribution in [0.3, 0.4) is 0 Å². The largest absolute Gasteiger partial charge is 0.480 e. The van der Waals surface area contributed by atoms with Gasteiger partial charge in [0, 0.05) is 0 Å². The summed E-state index contributed by atoms with van der Waals surface area (Å²) in [6.07, 6.45) is 3.72. The Morgan fingerprint density at radius 3 is 2.65 bits per heavy atom. The molecule has 0 heterocycles. The average molecular weight is 351 g/mol. The molecule has 3 heteroatoms. The molecule has 1 aliphatic carbocycles. The molecule has 2 aromatic carbocycles. The summed E-state index contributed by atoms with van der Waals surface area (Å²) >= 11 is 0. The highest BCUT2D eigenvalue weighted by atomic mass is 16.5. The number of hydrogen-bond donors (Lipinski definition) is 1. The van der Waals surface area contributed by atoms with Crippen LogP contribution < -0.4 is 10.1 Å². The molecule has 2 aromatic rings. The Morgan fingerprint density at radius 1 is 1.12 bits per heavy atom. The second-order valence-corrected chi connectivity index (χ2v) is 7.40. The molecular formula is C23H29NO2. The molecule has 138 valence electrons. The van der Waals surface area contributed by atoms with E-state index in [0.29, 0.717) is 6.42 Å². The Hall–Kier alpha value is -2.29. The van der Waals surface area contributed by atoms with Crippen molar-refractivity contribution in [3.8, 4) is 5.75 Å². The van der Waals surface area contributed by atoms with Crippen LogP contribution in [0.2, 0.25) is 0 Å². The summed E-state index contributed by atoms with van der Waals surface area (Å²) in [7, 11) is 0. The van der Waals surface area contributed by atoms with Gasteiger partial charge in [0.25, 0.3) is 5.91 Å². The maximum Gasteiger partial charge on any atom is 0.261 e. The number of benzene rings is 2. The summed E-state index contributed by atoms with van der Waals surface area (Å²) in [6, 6.07) is 12.7. The summed E-state index contributed by atoms with van der Waals surface area (Å²) in [5.41, 5.74) is 6.24. The molecule has 2 atom stereocenters. The zero-order valence-electron chi connectivity index (χ0n) is 16.3. The van der Waals surface area contributed by atoms with Crippen LogP contribution in [0.15, 0.2) is 36.4 Å². The van der Waals surface area contributed by atoms with E-state index in [1.165, 1.54) is 29.5 Å². The fraction of sp³-hybridized carbons (Fsp3) is 0.435. The predicted octanol–water partition coefficient (Wildman–Crippen LogP) is 4.83. The number of ether oxygens (including phenoxy) is 1. The number of aryl methyl sites for hydroxylation is 4. The van der Waals surface area contributed by atoms with Gasteiger partial charge in [-0.1, -0.05) is 37.3 Å². The Balaban J connectivity index is 1.67. The molecule has 0 aliphatic heterocycles. The zero-order valence-corrected chi connectivity index (χ0v) is 16.3. The minimum absolute atomic E-state index is 0.0235. The molecule has 0 unspecified atom stereocenters. The molecule has 0 radical (unpaired) electrons. The Kier molecular flexibility index (Phi) is 5.65. The molecule has 0 aromatic heterocycles. The molecule has 1 amide bonds. The third-order valence-corrected chi connectivity index (χ3v) is 5.26. The lowest BCUT2D eigenvalue weighted by atomic mass is 10.0. The minimum Gasteiger partial charge on any atom is -0.480 e. The van der Waals surface area contributed by atoms with Gasteiger partial charge >= 0.3 is 0 Å². The van der Waals surface area contributed by atoms with E-state index in [1.54, 1.807) is 0 Å². The fourth-order valence-corrected chi connectivity index (χ4v) is 3.56. The number of nitrogens with one attached hydrogen (secondary N) is 1. The van der Waals surface area contributed by atoms with Crippen molar-refractivity contribution in [1.29, 1.82) is 0 Å². The fourth-order valence-electron chi connectivity index (χ4n) is 3.56. The smallest absolute Gasteiger partial charge is 0.261 e. The van der Waals surface area contributed by atoms with Gasteiger partial charge in [-0.3, -0.25) is 4.79 Å². The predicted molar refractivity (Wildman–Crippen MR) is 106 cm³/mol. The molecular weight excluding hydrogens is 322 g/mol. The van der Waals surface area contributed by atoms with Crippen LogP contribution in [-0.2, 0) is 17.6 Å². The SMILES string of the molecule is CC[C@H](Oc1cc(C)ccc1C)C(=O)N[C@H](C)c1ccc2c(c1)CCC2. The van der Waals surface area contributed by atoms with Crippen molar-refractivity contribution in [1.82, 2.24) is 5.32 Å². The monoisotopic (exact) mass is 351 g/mol. The van der Waals surface area contributed by atoms with Gasteiger partial charge in [-0.15, -0.1) is 0 Å². The first-order valence-electron chi connectivity index (χ1n) is 9.64. The molecule has 26 heavy (non-hydrogen) atoms. The Bertz CT molecular complexity index is 797. The number of carbonyl (C=O) groups is 1. The first kappa shape index (κ1) is 18.5. The lowest BCUT2D eigenvalue weighted by Gasteiger charge is -2.22. The molecule has 0 saturated heterocycles. The van der Waals surface area contributed by atoms with Crippen LogP contribution in [0, 0.1) is 13.8 Å². The van der Waals surface area contributed by atoms with Gasteiger partial charge in [0.2, 0.25) is 0 Å². The zero-order chi connectivity index (χ0) is 18.7. The van der Waals surface area contributed by atoms with E-state index in [2.05, 4.69) is 29.6 Å². The van der Waals surface area contributed by atoms with Crippen LogP contribution in [-0.4, -0.2) is 12.0 Å². The van der Waals surface area contributed by atoms with Crippen molar-refractivity contribution in [2.75, 3.05) is 0 Å². The van der Waals surface area contributed by atoms with E-state index >= 15 is 0 Å². The van der Waals surface area contributed by atoms with Gasteiger partial charge in [-0.2, -0.15) is 0 Å². The second-order valence-electron chi connectivity index (χ2n) is 7.40. The van der Waals surface area contributed by atoms with E-state index in [-0.39, 0.29) is 11.9 Å². The van der Waals surface area contributed by atoms with Crippen molar-refractivity contribution < 1.29 is 9.53 Å². The third kappa shape index (κ3) is 4.09. The number of fused-ring (bicyclic) bond motifs is 1. The van der Waals surface area contributed by atoms with Crippen LogP contribution in [0.25, 0.3) is 0 Å². The van der Waals surface area contributed by atoms with Crippen molar-refractivity contribution in [3.05, 3.63) is 64.2 Å². The van der Waals surface area contributed by atoms with E-state index in [0.717, 1.165) is 23.3 Å². The first-order chi connectivity index (χ1) is 12.5. The molecule has 3 rings (SSSR count). The van der Waals surface area contributed by atoms with Gasteiger partial charge in [0.15, 0.2) is 6.10 Å². The summed E-state index contributed by atoms with van der Waals surface area (Å²) in [4.78, 5) is 12.8. The molecule has 3 nitrogen and oxygen atoms in total. The lowest BCUT2D eigenvalue weighted by Crippen LogP contribution is -2.39. The average Bonchev–Trinajstić information content (AvgIpc) is 3.09. The maximum absolute atomic E-state index is 12.8. The van der Waals surface area contributed by atoms with Crippen LogP contribution in [0.1, 0.15) is 60.5 Å². The summed E-state index contributed by atoms with van der Waals surface area (Å²) in [5.74, 6) is 0.735. The minimum atomic E-state index is -0.479.